The van der Waals surface area contributed by atoms with Crippen LogP contribution in [0.15, 0.2) is 0 Å². The molecular formula is C17H25N3O4S. The summed E-state index contributed by atoms with van der Waals surface area (Å²) >= 11 is 1.11. The fourth-order valence-corrected chi connectivity index (χ4v) is 4.08. The van der Waals surface area contributed by atoms with E-state index >= 15 is 0 Å². The number of amides is 2. The molecule has 1 aliphatic heterocycles. The minimum atomic E-state index is -0.556. The van der Waals surface area contributed by atoms with E-state index in [9.17, 15) is 14.4 Å². The second-order valence-corrected chi connectivity index (χ2v) is 7.36. The standard InChI is InChI=1S/C17H25N3O4S/c1-11-13(17(23)24-4)15(25-14(11)16(22)19(2)3)18-12(21)10-20-8-6-5-7-9-20/h5-10H2,1-4H3,(H,18,21). The van der Waals surface area contributed by atoms with E-state index in [0.29, 0.717) is 15.4 Å². The summed E-state index contributed by atoms with van der Waals surface area (Å²) in [5, 5.41) is 3.17. The van der Waals surface area contributed by atoms with E-state index in [0.717, 1.165) is 37.3 Å². The zero-order chi connectivity index (χ0) is 18.6. The van der Waals surface area contributed by atoms with E-state index in [1.165, 1.54) is 18.4 Å². The van der Waals surface area contributed by atoms with Crippen LogP contribution in [0.25, 0.3) is 0 Å². The number of likely N-dealkylation sites (tertiary alicyclic amines) is 1. The van der Waals surface area contributed by atoms with Crippen molar-refractivity contribution in [3.05, 3.63) is 16.0 Å². The maximum atomic E-state index is 12.4. The van der Waals surface area contributed by atoms with Crippen molar-refractivity contribution in [2.45, 2.75) is 26.2 Å². The fourth-order valence-electron chi connectivity index (χ4n) is 2.84. The smallest absolute Gasteiger partial charge is 0.341 e. The van der Waals surface area contributed by atoms with Crippen LogP contribution >= 0.6 is 11.3 Å². The van der Waals surface area contributed by atoms with Crippen LogP contribution in [0.5, 0.6) is 0 Å². The second kappa shape index (κ2) is 8.44. The van der Waals surface area contributed by atoms with Gasteiger partial charge >= 0.3 is 5.97 Å². The Labute approximate surface area is 151 Å². The Morgan fingerprint density at radius 1 is 1.20 bits per heavy atom. The summed E-state index contributed by atoms with van der Waals surface area (Å²) in [4.78, 5) is 40.8. The van der Waals surface area contributed by atoms with Crippen molar-refractivity contribution in [2.75, 3.05) is 46.2 Å². The maximum Gasteiger partial charge on any atom is 0.341 e. The molecule has 1 aromatic heterocycles. The number of ether oxygens (including phenoxy) is 1. The van der Waals surface area contributed by atoms with Gasteiger partial charge in [0.05, 0.1) is 24.1 Å². The minimum absolute atomic E-state index is 0.183. The molecule has 2 heterocycles. The first-order valence-corrected chi connectivity index (χ1v) is 9.12. The lowest BCUT2D eigenvalue weighted by Gasteiger charge is -2.25. The molecule has 0 aliphatic carbocycles. The number of piperidine rings is 1. The fraction of sp³-hybridized carbons (Fsp3) is 0.588. The Bertz CT molecular complexity index is 663. The Balaban J connectivity index is 2.22. The molecule has 0 bridgehead atoms. The Kier molecular flexibility index (Phi) is 6.55. The number of thiophene rings is 1. The number of nitrogens with zero attached hydrogens (tertiary/aromatic N) is 2. The van der Waals surface area contributed by atoms with Gasteiger partial charge in [0.1, 0.15) is 5.00 Å². The number of esters is 1. The molecule has 2 amide bonds. The Hall–Kier alpha value is -1.93. The number of rotatable bonds is 5. The van der Waals surface area contributed by atoms with Crippen LogP contribution in [0.3, 0.4) is 0 Å². The average molecular weight is 367 g/mol. The van der Waals surface area contributed by atoms with E-state index in [2.05, 4.69) is 10.2 Å². The summed E-state index contributed by atoms with van der Waals surface area (Å²) in [6, 6.07) is 0. The Morgan fingerprint density at radius 3 is 2.40 bits per heavy atom. The molecule has 25 heavy (non-hydrogen) atoms. The first kappa shape index (κ1) is 19.4. The zero-order valence-corrected chi connectivity index (χ0v) is 16.0. The third-order valence-corrected chi connectivity index (χ3v) is 5.40. The second-order valence-electron chi connectivity index (χ2n) is 6.34. The summed E-state index contributed by atoms with van der Waals surface area (Å²) in [6.07, 6.45) is 3.39. The average Bonchev–Trinajstić information content (AvgIpc) is 2.90. The SMILES string of the molecule is COC(=O)c1c(NC(=O)CN2CCCCC2)sc(C(=O)N(C)C)c1C. The van der Waals surface area contributed by atoms with Gasteiger partial charge in [0.2, 0.25) is 5.91 Å². The van der Waals surface area contributed by atoms with Gasteiger partial charge in [0.25, 0.3) is 5.91 Å². The van der Waals surface area contributed by atoms with Crippen LogP contribution < -0.4 is 5.32 Å². The molecule has 1 saturated heterocycles. The van der Waals surface area contributed by atoms with Crippen molar-refractivity contribution in [2.24, 2.45) is 0 Å². The maximum absolute atomic E-state index is 12.4. The lowest BCUT2D eigenvalue weighted by molar-refractivity contribution is -0.117. The van der Waals surface area contributed by atoms with E-state index in [-0.39, 0.29) is 23.9 Å². The Morgan fingerprint density at radius 2 is 1.84 bits per heavy atom. The van der Waals surface area contributed by atoms with Crippen molar-refractivity contribution in [1.29, 1.82) is 0 Å². The van der Waals surface area contributed by atoms with Crippen LogP contribution in [0.2, 0.25) is 0 Å². The highest BCUT2D eigenvalue weighted by molar-refractivity contribution is 7.18. The van der Waals surface area contributed by atoms with Gasteiger partial charge in [0.15, 0.2) is 0 Å². The zero-order valence-electron chi connectivity index (χ0n) is 15.2. The third kappa shape index (κ3) is 4.58. The molecule has 0 aromatic carbocycles. The largest absolute Gasteiger partial charge is 0.465 e. The predicted octanol–water partition coefficient (Wildman–Crippen LogP) is 1.97. The number of hydrogen-bond acceptors (Lipinski definition) is 6. The lowest BCUT2D eigenvalue weighted by Crippen LogP contribution is -2.36. The molecule has 2 rings (SSSR count). The van der Waals surface area contributed by atoms with Gasteiger partial charge in [-0.25, -0.2) is 4.79 Å². The molecule has 1 N–H and O–H groups in total. The molecule has 8 heteroatoms. The van der Waals surface area contributed by atoms with Crippen molar-refractivity contribution in [1.82, 2.24) is 9.80 Å². The number of methoxy groups -OCH3 is 1. The molecule has 1 fully saturated rings. The van der Waals surface area contributed by atoms with Gasteiger partial charge in [-0.3, -0.25) is 14.5 Å². The van der Waals surface area contributed by atoms with Gasteiger partial charge < -0.3 is 15.0 Å². The number of nitrogens with one attached hydrogen (secondary N) is 1. The van der Waals surface area contributed by atoms with Gasteiger partial charge in [-0.1, -0.05) is 6.42 Å². The summed E-state index contributed by atoms with van der Waals surface area (Å²) in [6.45, 7) is 3.80. The first-order chi connectivity index (χ1) is 11.8. The highest BCUT2D eigenvalue weighted by Gasteiger charge is 2.27. The third-order valence-electron chi connectivity index (χ3n) is 4.21. The van der Waals surface area contributed by atoms with Gasteiger partial charge in [0, 0.05) is 14.1 Å². The van der Waals surface area contributed by atoms with Crippen molar-refractivity contribution in [3.8, 4) is 0 Å². The van der Waals surface area contributed by atoms with Gasteiger partial charge in [-0.15, -0.1) is 11.3 Å². The van der Waals surface area contributed by atoms with Crippen LogP contribution in [0.4, 0.5) is 5.00 Å². The number of hydrogen-bond donors (Lipinski definition) is 1. The van der Waals surface area contributed by atoms with Crippen molar-refractivity contribution in [3.63, 3.8) is 0 Å². The monoisotopic (exact) mass is 367 g/mol. The lowest BCUT2D eigenvalue weighted by atomic mass is 10.1. The number of carbonyl (C=O) groups is 3. The minimum Gasteiger partial charge on any atom is -0.465 e. The van der Waals surface area contributed by atoms with Crippen molar-refractivity contribution < 1.29 is 19.1 Å². The highest BCUT2D eigenvalue weighted by Crippen LogP contribution is 2.34. The molecule has 7 nitrogen and oxygen atoms in total. The van der Waals surface area contributed by atoms with E-state index in [1.54, 1.807) is 21.0 Å². The quantitative estimate of drug-likeness (QED) is 0.805. The summed E-state index contributed by atoms with van der Waals surface area (Å²) in [5.74, 6) is -0.943. The van der Waals surface area contributed by atoms with Crippen LogP contribution in [-0.4, -0.2) is 68.4 Å². The molecule has 0 radical (unpaired) electrons. The summed E-state index contributed by atoms with van der Waals surface area (Å²) in [7, 11) is 4.58. The highest BCUT2D eigenvalue weighted by atomic mass is 32.1. The molecule has 0 unspecified atom stereocenters. The normalized spacial score (nSPS) is 14.9. The molecule has 0 saturated carbocycles. The predicted molar refractivity (Wildman–Crippen MR) is 97.3 cm³/mol. The first-order valence-electron chi connectivity index (χ1n) is 8.30. The number of carbonyl (C=O) groups excluding carboxylic acids is 3. The molecule has 138 valence electrons. The topological polar surface area (TPSA) is 79.0 Å². The molecule has 1 aromatic rings. The molecule has 0 spiro atoms. The summed E-state index contributed by atoms with van der Waals surface area (Å²) < 4.78 is 4.82. The molecule has 0 atom stereocenters. The summed E-state index contributed by atoms with van der Waals surface area (Å²) in [5.41, 5.74) is 0.786. The molecule has 1 aliphatic rings. The van der Waals surface area contributed by atoms with Gasteiger partial charge in [-0.2, -0.15) is 0 Å². The van der Waals surface area contributed by atoms with E-state index in [1.807, 2.05) is 0 Å². The van der Waals surface area contributed by atoms with Crippen LogP contribution in [-0.2, 0) is 9.53 Å². The van der Waals surface area contributed by atoms with Crippen LogP contribution in [0, 0.1) is 6.92 Å². The van der Waals surface area contributed by atoms with E-state index in [4.69, 9.17) is 4.74 Å². The number of anilines is 1. The van der Waals surface area contributed by atoms with Crippen LogP contribution in [0.1, 0.15) is 44.9 Å². The molecular weight excluding hydrogens is 342 g/mol. The van der Waals surface area contributed by atoms with E-state index < -0.39 is 5.97 Å². The van der Waals surface area contributed by atoms with Crippen molar-refractivity contribution >= 4 is 34.1 Å². The van der Waals surface area contributed by atoms with Gasteiger partial charge in [-0.05, 0) is 38.4 Å².